The predicted molar refractivity (Wildman–Crippen MR) is 82.4 cm³/mol. The first-order chi connectivity index (χ1) is 10.0. The van der Waals surface area contributed by atoms with Gasteiger partial charge in [-0.25, -0.2) is 8.78 Å². The Hall–Kier alpha value is -1.94. The Morgan fingerprint density at radius 1 is 1.05 bits per heavy atom. The van der Waals surface area contributed by atoms with Crippen molar-refractivity contribution in [1.82, 2.24) is 5.32 Å². The molecular formula is C17H20F2N2. The van der Waals surface area contributed by atoms with Gasteiger partial charge >= 0.3 is 0 Å². The van der Waals surface area contributed by atoms with Crippen LogP contribution in [0.2, 0.25) is 0 Å². The first kappa shape index (κ1) is 15.4. The monoisotopic (exact) mass is 290 g/mol. The fourth-order valence-corrected chi connectivity index (χ4v) is 2.40. The van der Waals surface area contributed by atoms with Crippen LogP contribution in [0.5, 0.6) is 0 Å². The van der Waals surface area contributed by atoms with Crippen molar-refractivity contribution in [2.24, 2.45) is 0 Å². The lowest BCUT2D eigenvalue weighted by Gasteiger charge is -2.25. The summed E-state index contributed by atoms with van der Waals surface area (Å²) in [6, 6.07) is 11.5. The third-order valence-electron chi connectivity index (χ3n) is 3.67. The minimum absolute atomic E-state index is 0.121. The molecule has 0 spiro atoms. The van der Waals surface area contributed by atoms with Crippen LogP contribution in [0.3, 0.4) is 0 Å². The lowest BCUT2D eigenvalue weighted by Crippen LogP contribution is -2.23. The SMILES string of the molecule is CNC(C)c1c(F)cccc1N(C)Cc1ccccc1F. The predicted octanol–water partition coefficient (Wildman–Crippen LogP) is 3.88. The van der Waals surface area contributed by atoms with E-state index in [-0.39, 0.29) is 17.7 Å². The second-order valence-corrected chi connectivity index (χ2v) is 5.13. The highest BCUT2D eigenvalue weighted by molar-refractivity contribution is 5.55. The van der Waals surface area contributed by atoms with Crippen LogP contribution in [0.15, 0.2) is 42.5 Å². The summed E-state index contributed by atoms with van der Waals surface area (Å²) in [5, 5.41) is 3.05. The van der Waals surface area contributed by atoms with Crippen molar-refractivity contribution in [2.75, 3.05) is 19.0 Å². The Labute approximate surface area is 124 Å². The van der Waals surface area contributed by atoms with Gasteiger partial charge in [-0.3, -0.25) is 0 Å². The fraction of sp³-hybridized carbons (Fsp3) is 0.294. The summed E-state index contributed by atoms with van der Waals surface area (Å²) in [6.07, 6.45) is 0. The van der Waals surface area contributed by atoms with E-state index in [0.717, 1.165) is 5.69 Å². The number of anilines is 1. The zero-order valence-electron chi connectivity index (χ0n) is 12.5. The highest BCUT2D eigenvalue weighted by atomic mass is 19.1. The minimum Gasteiger partial charge on any atom is -0.370 e. The number of halogens is 2. The first-order valence-corrected chi connectivity index (χ1v) is 6.94. The molecule has 0 aromatic heterocycles. The average molecular weight is 290 g/mol. The van der Waals surface area contributed by atoms with Crippen molar-refractivity contribution in [3.05, 3.63) is 65.2 Å². The summed E-state index contributed by atoms with van der Waals surface area (Å²) in [4.78, 5) is 1.87. The van der Waals surface area contributed by atoms with Crippen molar-refractivity contribution in [2.45, 2.75) is 19.5 Å². The molecule has 0 radical (unpaired) electrons. The molecule has 0 saturated carbocycles. The molecule has 0 saturated heterocycles. The molecule has 0 fully saturated rings. The Morgan fingerprint density at radius 2 is 1.71 bits per heavy atom. The van der Waals surface area contributed by atoms with Gasteiger partial charge in [0, 0.05) is 36.4 Å². The summed E-state index contributed by atoms with van der Waals surface area (Å²) >= 11 is 0. The van der Waals surface area contributed by atoms with Crippen LogP contribution in [0.4, 0.5) is 14.5 Å². The number of hydrogen-bond donors (Lipinski definition) is 1. The molecule has 0 heterocycles. The van der Waals surface area contributed by atoms with E-state index < -0.39 is 0 Å². The van der Waals surface area contributed by atoms with Crippen molar-refractivity contribution in [3.63, 3.8) is 0 Å². The van der Waals surface area contributed by atoms with E-state index in [1.54, 1.807) is 31.3 Å². The van der Waals surface area contributed by atoms with Crippen molar-refractivity contribution >= 4 is 5.69 Å². The molecule has 4 heteroatoms. The molecule has 1 unspecified atom stereocenters. The van der Waals surface area contributed by atoms with E-state index in [1.165, 1.54) is 12.1 Å². The van der Waals surface area contributed by atoms with Gasteiger partial charge in [0.05, 0.1) is 0 Å². The molecule has 112 valence electrons. The van der Waals surface area contributed by atoms with E-state index in [0.29, 0.717) is 17.7 Å². The number of rotatable bonds is 5. The maximum Gasteiger partial charge on any atom is 0.130 e. The van der Waals surface area contributed by atoms with E-state index in [1.807, 2.05) is 24.9 Å². The molecule has 0 amide bonds. The molecule has 2 aromatic rings. The topological polar surface area (TPSA) is 15.3 Å². The molecule has 0 aliphatic heterocycles. The van der Waals surface area contributed by atoms with E-state index >= 15 is 0 Å². The van der Waals surface area contributed by atoms with Crippen LogP contribution in [-0.2, 0) is 6.54 Å². The standard InChI is InChI=1S/C17H20F2N2/c1-12(20-2)17-15(19)9-6-10-16(17)21(3)11-13-7-4-5-8-14(13)18/h4-10,12,20H,11H2,1-3H3. The van der Waals surface area contributed by atoms with Gasteiger partial charge in [-0.2, -0.15) is 0 Å². The molecule has 2 rings (SSSR count). The van der Waals surface area contributed by atoms with E-state index in [4.69, 9.17) is 0 Å². The van der Waals surface area contributed by atoms with Crippen molar-refractivity contribution in [3.8, 4) is 0 Å². The largest absolute Gasteiger partial charge is 0.370 e. The van der Waals surface area contributed by atoms with Crippen LogP contribution in [-0.4, -0.2) is 14.1 Å². The number of nitrogens with zero attached hydrogens (tertiary/aromatic N) is 1. The average Bonchev–Trinajstić information content (AvgIpc) is 2.48. The molecule has 21 heavy (non-hydrogen) atoms. The number of benzene rings is 2. The zero-order valence-corrected chi connectivity index (χ0v) is 12.5. The second kappa shape index (κ2) is 6.68. The third-order valence-corrected chi connectivity index (χ3v) is 3.67. The highest BCUT2D eigenvalue weighted by Crippen LogP contribution is 2.29. The van der Waals surface area contributed by atoms with Gasteiger partial charge in [0.15, 0.2) is 0 Å². The van der Waals surface area contributed by atoms with E-state index in [9.17, 15) is 8.78 Å². The smallest absolute Gasteiger partial charge is 0.130 e. The van der Waals surface area contributed by atoms with Gasteiger partial charge in [-0.05, 0) is 32.2 Å². The summed E-state index contributed by atoms with van der Waals surface area (Å²) in [7, 11) is 3.63. The van der Waals surface area contributed by atoms with Crippen LogP contribution in [0.1, 0.15) is 24.1 Å². The molecule has 1 atom stereocenters. The lowest BCUT2D eigenvalue weighted by atomic mass is 10.0. The van der Waals surface area contributed by atoms with Crippen molar-refractivity contribution in [1.29, 1.82) is 0 Å². The van der Waals surface area contributed by atoms with Gasteiger partial charge < -0.3 is 10.2 Å². The summed E-state index contributed by atoms with van der Waals surface area (Å²) in [5.41, 5.74) is 1.95. The molecule has 1 N–H and O–H groups in total. The van der Waals surface area contributed by atoms with Gasteiger partial charge in [0.2, 0.25) is 0 Å². The van der Waals surface area contributed by atoms with Gasteiger partial charge in [-0.15, -0.1) is 0 Å². The fourth-order valence-electron chi connectivity index (χ4n) is 2.40. The molecule has 0 bridgehead atoms. The van der Waals surface area contributed by atoms with Gasteiger partial charge in [0.25, 0.3) is 0 Å². The first-order valence-electron chi connectivity index (χ1n) is 6.94. The normalized spacial score (nSPS) is 12.2. The third kappa shape index (κ3) is 3.39. The Balaban J connectivity index is 2.33. The van der Waals surface area contributed by atoms with Crippen LogP contribution in [0, 0.1) is 11.6 Å². The number of nitrogens with one attached hydrogen (secondary N) is 1. The number of hydrogen-bond acceptors (Lipinski definition) is 2. The highest BCUT2D eigenvalue weighted by Gasteiger charge is 2.17. The quantitative estimate of drug-likeness (QED) is 0.899. The Bertz CT molecular complexity index is 613. The maximum atomic E-state index is 14.1. The molecule has 2 nitrogen and oxygen atoms in total. The van der Waals surface area contributed by atoms with Crippen LogP contribution >= 0.6 is 0 Å². The summed E-state index contributed by atoms with van der Waals surface area (Å²) in [6.45, 7) is 2.29. The maximum absolute atomic E-state index is 14.1. The van der Waals surface area contributed by atoms with E-state index in [2.05, 4.69) is 5.32 Å². The molecular weight excluding hydrogens is 270 g/mol. The second-order valence-electron chi connectivity index (χ2n) is 5.13. The summed E-state index contributed by atoms with van der Waals surface area (Å²) < 4.78 is 27.9. The molecule has 2 aromatic carbocycles. The zero-order chi connectivity index (χ0) is 15.4. The minimum atomic E-state index is -0.255. The molecule has 0 aliphatic carbocycles. The van der Waals surface area contributed by atoms with Crippen LogP contribution < -0.4 is 10.2 Å². The lowest BCUT2D eigenvalue weighted by molar-refractivity contribution is 0.560. The molecule has 0 aliphatic rings. The Kier molecular flexibility index (Phi) is 4.91. The van der Waals surface area contributed by atoms with Gasteiger partial charge in [0.1, 0.15) is 11.6 Å². The van der Waals surface area contributed by atoms with Crippen molar-refractivity contribution < 1.29 is 8.78 Å². The Morgan fingerprint density at radius 3 is 2.38 bits per heavy atom. The van der Waals surface area contributed by atoms with Gasteiger partial charge in [-0.1, -0.05) is 24.3 Å². The van der Waals surface area contributed by atoms with Crippen LogP contribution in [0.25, 0.3) is 0 Å². The summed E-state index contributed by atoms with van der Waals surface area (Å²) in [5.74, 6) is -0.501.